The molecule has 1 aromatic heterocycles. The summed E-state index contributed by atoms with van der Waals surface area (Å²) in [7, 11) is 0. The maximum Gasteiger partial charge on any atom is 0.323 e. The van der Waals surface area contributed by atoms with Gasteiger partial charge in [-0.3, -0.25) is 5.32 Å². The van der Waals surface area contributed by atoms with Crippen molar-refractivity contribution in [1.29, 1.82) is 0 Å². The van der Waals surface area contributed by atoms with Crippen LogP contribution in [0.25, 0.3) is 0 Å². The van der Waals surface area contributed by atoms with Crippen molar-refractivity contribution in [3.63, 3.8) is 0 Å². The molecular formula is C17H19FN4O2. The molecule has 1 saturated heterocycles. The predicted molar refractivity (Wildman–Crippen MR) is 89.6 cm³/mol. The standard InChI is InChI=1S/C17H19FN4O2/c18-14-10-12(4-5-15(14)19)24-13-6-7-20-16(11-13)21-17(23)22-8-2-1-3-9-22/h4-7,10-11H,1-3,8-9,19H2,(H,20,21,23). The third-order valence-corrected chi connectivity index (χ3v) is 3.82. The molecule has 126 valence electrons. The van der Waals surface area contributed by atoms with E-state index in [-0.39, 0.29) is 11.7 Å². The van der Waals surface area contributed by atoms with Gasteiger partial charge in [0.25, 0.3) is 0 Å². The van der Waals surface area contributed by atoms with Gasteiger partial charge in [-0.25, -0.2) is 14.2 Å². The van der Waals surface area contributed by atoms with E-state index in [1.807, 2.05) is 0 Å². The van der Waals surface area contributed by atoms with E-state index in [4.69, 9.17) is 10.5 Å². The van der Waals surface area contributed by atoms with E-state index in [2.05, 4.69) is 10.3 Å². The van der Waals surface area contributed by atoms with Gasteiger partial charge in [0.05, 0.1) is 5.69 Å². The second kappa shape index (κ2) is 7.16. The highest BCUT2D eigenvalue weighted by atomic mass is 19.1. The molecule has 3 N–H and O–H groups in total. The third-order valence-electron chi connectivity index (χ3n) is 3.82. The fourth-order valence-electron chi connectivity index (χ4n) is 2.54. The van der Waals surface area contributed by atoms with Gasteiger partial charge in [0, 0.05) is 31.4 Å². The number of rotatable bonds is 3. The van der Waals surface area contributed by atoms with E-state index < -0.39 is 5.82 Å². The molecular weight excluding hydrogens is 311 g/mol. The molecule has 1 fully saturated rings. The van der Waals surface area contributed by atoms with Crippen LogP contribution in [-0.4, -0.2) is 29.0 Å². The molecule has 0 radical (unpaired) electrons. The predicted octanol–water partition coefficient (Wildman–Crippen LogP) is 3.61. The number of halogens is 1. The topological polar surface area (TPSA) is 80.5 Å². The van der Waals surface area contributed by atoms with E-state index in [9.17, 15) is 9.18 Å². The molecule has 2 amide bonds. The third kappa shape index (κ3) is 3.92. The van der Waals surface area contributed by atoms with Crippen molar-refractivity contribution >= 4 is 17.5 Å². The molecule has 0 unspecified atom stereocenters. The van der Waals surface area contributed by atoms with Crippen LogP contribution in [0.5, 0.6) is 11.5 Å². The molecule has 6 nitrogen and oxygen atoms in total. The molecule has 0 saturated carbocycles. The minimum atomic E-state index is -0.541. The Bertz CT molecular complexity index is 732. The number of nitrogens with one attached hydrogen (secondary N) is 1. The van der Waals surface area contributed by atoms with Crippen molar-refractivity contribution < 1.29 is 13.9 Å². The van der Waals surface area contributed by atoms with Crippen molar-refractivity contribution in [2.75, 3.05) is 24.1 Å². The van der Waals surface area contributed by atoms with Crippen LogP contribution in [0.3, 0.4) is 0 Å². The molecule has 0 atom stereocenters. The largest absolute Gasteiger partial charge is 0.457 e. The Morgan fingerprint density at radius 2 is 1.92 bits per heavy atom. The number of carbonyl (C=O) groups is 1. The number of aromatic nitrogens is 1. The number of piperidine rings is 1. The van der Waals surface area contributed by atoms with Crippen molar-refractivity contribution in [2.45, 2.75) is 19.3 Å². The van der Waals surface area contributed by atoms with Gasteiger partial charge in [-0.2, -0.15) is 0 Å². The smallest absolute Gasteiger partial charge is 0.323 e. The summed E-state index contributed by atoms with van der Waals surface area (Å²) in [6.07, 6.45) is 4.72. The van der Waals surface area contributed by atoms with Gasteiger partial charge in [0.15, 0.2) is 0 Å². The lowest BCUT2D eigenvalue weighted by molar-refractivity contribution is 0.200. The van der Waals surface area contributed by atoms with E-state index in [1.165, 1.54) is 18.3 Å². The maximum atomic E-state index is 13.5. The summed E-state index contributed by atoms with van der Waals surface area (Å²) in [4.78, 5) is 18.1. The lowest BCUT2D eigenvalue weighted by Crippen LogP contribution is -2.38. The Kier molecular flexibility index (Phi) is 4.79. The maximum absolute atomic E-state index is 13.5. The first kappa shape index (κ1) is 16.0. The first-order chi connectivity index (χ1) is 11.6. The normalized spacial score (nSPS) is 14.3. The molecule has 7 heteroatoms. The SMILES string of the molecule is Nc1ccc(Oc2ccnc(NC(=O)N3CCCCC3)c2)cc1F. The average molecular weight is 330 g/mol. The zero-order chi connectivity index (χ0) is 16.9. The van der Waals surface area contributed by atoms with Crippen molar-refractivity contribution in [3.8, 4) is 11.5 Å². The number of likely N-dealkylation sites (tertiary alicyclic amines) is 1. The summed E-state index contributed by atoms with van der Waals surface area (Å²) in [5.41, 5.74) is 5.50. The van der Waals surface area contributed by atoms with Crippen molar-refractivity contribution in [2.24, 2.45) is 0 Å². The molecule has 2 heterocycles. The highest BCUT2D eigenvalue weighted by Gasteiger charge is 2.16. The number of nitrogen functional groups attached to an aromatic ring is 1. The Labute approximate surface area is 139 Å². The number of hydrogen-bond donors (Lipinski definition) is 2. The fraction of sp³-hybridized carbons (Fsp3) is 0.294. The first-order valence-electron chi connectivity index (χ1n) is 7.87. The van der Waals surface area contributed by atoms with E-state index in [1.54, 1.807) is 23.1 Å². The Morgan fingerprint density at radius 1 is 1.17 bits per heavy atom. The van der Waals surface area contributed by atoms with E-state index >= 15 is 0 Å². The van der Waals surface area contributed by atoms with Crippen LogP contribution in [0.4, 0.5) is 20.7 Å². The summed E-state index contributed by atoms with van der Waals surface area (Å²) >= 11 is 0. The molecule has 1 aliphatic rings. The van der Waals surface area contributed by atoms with Crippen LogP contribution in [-0.2, 0) is 0 Å². The molecule has 24 heavy (non-hydrogen) atoms. The number of nitrogens with two attached hydrogens (primary N) is 1. The van der Waals surface area contributed by atoms with Crippen LogP contribution in [0.1, 0.15) is 19.3 Å². The molecule has 0 aliphatic carbocycles. The van der Waals surface area contributed by atoms with Gasteiger partial charge in [-0.1, -0.05) is 0 Å². The molecule has 2 aromatic rings. The zero-order valence-corrected chi connectivity index (χ0v) is 13.2. The second-order valence-corrected chi connectivity index (χ2v) is 5.64. The van der Waals surface area contributed by atoms with E-state index in [0.717, 1.165) is 32.4 Å². The number of anilines is 2. The molecule has 3 rings (SSSR count). The van der Waals surface area contributed by atoms with Gasteiger partial charge in [-0.15, -0.1) is 0 Å². The summed E-state index contributed by atoms with van der Waals surface area (Å²) in [5, 5.41) is 2.76. The number of amides is 2. The zero-order valence-electron chi connectivity index (χ0n) is 13.2. The second-order valence-electron chi connectivity index (χ2n) is 5.64. The van der Waals surface area contributed by atoms with Gasteiger partial charge in [0.2, 0.25) is 0 Å². The Balaban J connectivity index is 1.67. The minimum absolute atomic E-state index is 0.0616. The summed E-state index contributed by atoms with van der Waals surface area (Å²) < 4.78 is 19.0. The van der Waals surface area contributed by atoms with Crippen LogP contribution in [0, 0.1) is 5.82 Å². The summed E-state index contributed by atoms with van der Waals surface area (Å²) in [5.74, 6) is 0.614. The number of urea groups is 1. The van der Waals surface area contributed by atoms with Crippen LogP contribution >= 0.6 is 0 Å². The number of nitrogens with zero attached hydrogens (tertiary/aromatic N) is 2. The first-order valence-corrected chi connectivity index (χ1v) is 7.87. The highest BCUT2D eigenvalue weighted by molar-refractivity contribution is 5.88. The van der Waals surface area contributed by atoms with Gasteiger partial charge < -0.3 is 15.4 Å². The lowest BCUT2D eigenvalue weighted by Gasteiger charge is -2.26. The summed E-state index contributed by atoms with van der Waals surface area (Å²) in [6, 6.07) is 7.27. The van der Waals surface area contributed by atoms with Crippen LogP contribution < -0.4 is 15.8 Å². The molecule has 0 bridgehead atoms. The number of ether oxygens (including phenoxy) is 1. The van der Waals surface area contributed by atoms with Gasteiger partial charge >= 0.3 is 6.03 Å². The van der Waals surface area contributed by atoms with Crippen LogP contribution in [0.2, 0.25) is 0 Å². The van der Waals surface area contributed by atoms with E-state index in [0.29, 0.717) is 17.3 Å². The number of pyridine rings is 1. The number of carbonyl (C=O) groups excluding carboxylic acids is 1. The highest BCUT2D eigenvalue weighted by Crippen LogP contribution is 2.25. The Morgan fingerprint density at radius 3 is 2.67 bits per heavy atom. The van der Waals surface area contributed by atoms with Gasteiger partial charge in [-0.05, 0) is 37.5 Å². The quantitative estimate of drug-likeness (QED) is 0.843. The minimum Gasteiger partial charge on any atom is -0.457 e. The lowest BCUT2D eigenvalue weighted by atomic mass is 10.1. The average Bonchev–Trinajstić information content (AvgIpc) is 2.59. The van der Waals surface area contributed by atoms with Gasteiger partial charge in [0.1, 0.15) is 23.1 Å². The number of hydrogen-bond acceptors (Lipinski definition) is 4. The number of benzene rings is 1. The van der Waals surface area contributed by atoms with Crippen LogP contribution in [0.15, 0.2) is 36.5 Å². The molecule has 1 aliphatic heterocycles. The van der Waals surface area contributed by atoms with Crippen molar-refractivity contribution in [3.05, 3.63) is 42.3 Å². The van der Waals surface area contributed by atoms with Crippen molar-refractivity contribution in [1.82, 2.24) is 9.88 Å². The molecule has 0 spiro atoms. The monoisotopic (exact) mass is 330 g/mol. The Hall–Kier alpha value is -2.83. The fourth-order valence-corrected chi connectivity index (χ4v) is 2.54. The molecule has 1 aromatic carbocycles. The summed E-state index contributed by atoms with van der Waals surface area (Å²) in [6.45, 7) is 1.51.